The van der Waals surface area contributed by atoms with Crippen LogP contribution in [0.25, 0.3) is 0 Å². The molecular weight excluding hydrogens is 252 g/mol. The molecule has 0 amide bonds. The molecule has 0 spiro atoms. The van der Waals surface area contributed by atoms with E-state index < -0.39 is 0 Å². The van der Waals surface area contributed by atoms with E-state index in [4.69, 9.17) is 4.74 Å². The van der Waals surface area contributed by atoms with Crippen molar-refractivity contribution >= 4 is 15.9 Å². The minimum atomic E-state index is 0.167. The average Bonchev–Trinajstić information content (AvgIpc) is 2.29. The standard InChI is InChI=1S/C13H25BrO/c1-3-5-12-6-8-13(11-14,9-7-12)15-10-4-2/h12H,3-11H2,1-2H3. The molecule has 0 atom stereocenters. The summed E-state index contributed by atoms with van der Waals surface area (Å²) in [5.41, 5.74) is 0.167. The normalized spacial score (nSPS) is 31.8. The predicted octanol–water partition coefficient (Wildman–Crippen LogP) is 4.54. The summed E-state index contributed by atoms with van der Waals surface area (Å²) in [5.74, 6) is 0.965. The highest BCUT2D eigenvalue weighted by molar-refractivity contribution is 9.09. The van der Waals surface area contributed by atoms with Crippen LogP contribution in [0.4, 0.5) is 0 Å². The fraction of sp³-hybridized carbons (Fsp3) is 1.00. The summed E-state index contributed by atoms with van der Waals surface area (Å²) >= 11 is 3.63. The Balaban J connectivity index is 2.36. The minimum absolute atomic E-state index is 0.167. The fourth-order valence-corrected chi connectivity index (χ4v) is 3.26. The predicted molar refractivity (Wildman–Crippen MR) is 69.6 cm³/mol. The summed E-state index contributed by atoms with van der Waals surface area (Å²) in [6.45, 7) is 5.40. The Hall–Kier alpha value is 0.440. The first-order chi connectivity index (χ1) is 7.26. The van der Waals surface area contributed by atoms with E-state index in [-0.39, 0.29) is 5.60 Å². The summed E-state index contributed by atoms with van der Waals surface area (Å²) in [7, 11) is 0. The van der Waals surface area contributed by atoms with Crippen molar-refractivity contribution in [1.29, 1.82) is 0 Å². The second-order valence-corrected chi connectivity index (χ2v) is 5.46. The van der Waals surface area contributed by atoms with Gasteiger partial charge in [0.15, 0.2) is 0 Å². The fourth-order valence-electron chi connectivity index (χ4n) is 2.54. The van der Waals surface area contributed by atoms with Crippen LogP contribution in [0.2, 0.25) is 0 Å². The molecule has 1 aliphatic rings. The first kappa shape index (κ1) is 13.5. The second kappa shape index (κ2) is 6.90. The molecule has 1 fully saturated rings. The van der Waals surface area contributed by atoms with Crippen LogP contribution in [0, 0.1) is 5.92 Å². The molecule has 1 aliphatic carbocycles. The van der Waals surface area contributed by atoms with E-state index >= 15 is 0 Å². The van der Waals surface area contributed by atoms with E-state index in [0.717, 1.165) is 24.3 Å². The smallest absolute Gasteiger partial charge is 0.0779 e. The Kier molecular flexibility index (Phi) is 6.21. The van der Waals surface area contributed by atoms with E-state index in [2.05, 4.69) is 29.8 Å². The van der Waals surface area contributed by atoms with Crippen LogP contribution in [0.15, 0.2) is 0 Å². The molecule has 0 saturated heterocycles. The Morgan fingerprint density at radius 2 is 1.87 bits per heavy atom. The van der Waals surface area contributed by atoms with Crippen molar-refractivity contribution in [3.63, 3.8) is 0 Å². The van der Waals surface area contributed by atoms with Gasteiger partial charge >= 0.3 is 0 Å². The van der Waals surface area contributed by atoms with Crippen molar-refractivity contribution in [2.45, 2.75) is 64.4 Å². The van der Waals surface area contributed by atoms with Crippen LogP contribution < -0.4 is 0 Å². The maximum atomic E-state index is 6.05. The molecule has 0 heterocycles. The second-order valence-electron chi connectivity index (χ2n) is 4.90. The third-order valence-electron chi connectivity index (χ3n) is 3.57. The average molecular weight is 277 g/mol. The minimum Gasteiger partial charge on any atom is -0.374 e. The number of halogens is 1. The summed E-state index contributed by atoms with van der Waals surface area (Å²) in [5, 5.41) is 1.01. The maximum Gasteiger partial charge on any atom is 0.0779 e. The van der Waals surface area contributed by atoms with Crippen molar-refractivity contribution in [2.75, 3.05) is 11.9 Å². The molecule has 0 unspecified atom stereocenters. The van der Waals surface area contributed by atoms with Crippen molar-refractivity contribution in [2.24, 2.45) is 5.92 Å². The van der Waals surface area contributed by atoms with Gasteiger partial charge in [0.25, 0.3) is 0 Å². The van der Waals surface area contributed by atoms with Gasteiger partial charge in [-0.05, 0) is 38.0 Å². The molecule has 0 aromatic heterocycles. The largest absolute Gasteiger partial charge is 0.374 e. The highest BCUT2D eigenvalue weighted by Crippen LogP contribution is 2.38. The van der Waals surface area contributed by atoms with Gasteiger partial charge in [-0.3, -0.25) is 0 Å². The van der Waals surface area contributed by atoms with Crippen molar-refractivity contribution in [1.82, 2.24) is 0 Å². The van der Waals surface area contributed by atoms with E-state index in [1.807, 2.05) is 0 Å². The third kappa shape index (κ3) is 4.07. The van der Waals surface area contributed by atoms with Crippen LogP contribution in [0.5, 0.6) is 0 Å². The zero-order valence-electron chi connectivity index (χ0n) is 10.2. The lowest BCUT2D eigenvalue weighted by atomic mass is 9.78. The van der Waals surface area contributed by atoms with E-state index in [1.165, 1.54) is 38.5 Å². The quantitative estimate of drug-likeness (QED) is 0.648. The number of ether oxygens (including phenoxy) is 1. The molecule has 1 nitrogen and oxygen atoms in total. The Morgan fingerprint density at radius 3 is 2.33 bits per heavy atom. The molecule has 1 rings (SSSR count). The lowest BCUT2D eigenvalue weighted by Gasteiger charge is -2.39. The summed E-state index contributed by atoms with van der Waals surface area (Å²) in [4.78, 5) is 0. The van der Waals surface area contributed by atoms with Crippen LogP contribution in [0.1, 0.15) is 58.8 Å². The van der Waals surface area contributed by atoms with E-state index in [0.29, 0.717) is 0 Å². The molecule has 2 heteroatoms. The first-order valence-electron chi connectivity index (χ1n) is 6.46. The van der Waals surface area contributed by atoms with Gasteiger partial charge in [-0.2, -0.15) is 0 Å². The van der Waals surface area contributed by atoms with Crippen molar-refractivity contribution in [3.8, 4) is 0 Å². The number of rotatable bonds is 6. The molecule has 0 aromatic carbocycles. The van der Waals surface area contributed by atoms with Gasteiger partial charge in [-0.25, -0.2) is 0 Å². The van der Waals surface area contributed by atoms with Crippen LogP contribution >= 0.6 is 15.9 Å². The highest BCUT2D eigenvalue weighted by Gasteiger charge is 2.34. The highest BCUT2D eigenvalue weighted by atomic mass is 79.9. The van der Waals surface area contributed by atoms with Crippen molar-refractivity contribution < 1.29 is 4.74 Å². The molecule has 15 heavy (non-hydrogen) atoms. The third-order valence-corrected chi connectivity index (χ3v) is 4.59. The number of alkyl halides is 1. The molecule has 0 aromatic rings. The lowest BCUT2D eigenvalue weighted by Crippen LogP contribution is -2.39. The molecule has 0 aliphatic heterocycles. The Bertz CT molecular complexity index is 162. The monoisotopic (exact) mass is 276 g/mol. The number of hydrogen-bond acceptors (Lipinski definition) is 1. The Labute approximate surface area is 103 Å². The van der Waals surface area contributed by atoms with Gasteiger partial charge in [-0.15, -0.1) is 0 Å². The molecule has 0 N–H and O–H groups in total. The van der Waals surface area contributed by atoms with E-state index in [9.17, 15) is 0 Å². The number of hydrogen-bond donors (Lipinski definition) is 0. The Morgan fingerprint density at radius 1 is 1.20 bits per heavy atom. The van der Waals surface area contributed by atoms with Gasteiger partial charge in [-0.1, -0.05) is 42.6 Å². The van der Waals surface area contributed by atoms with Gasteiger partial charge in [0.2, 0.25) is 0 Å². The van der Waals surface area contributed by atoms with E-state index in [1.54, 1.807) is 0 Å². The lowest BCUT2D eigenvalue weighted by molar-refractivity contribution is -0.0602. The zero-order valence-corrected chi connectivity index (χ0v) is 11.8. The van der Waals surface area contributed by atoms with Gasteiger partial charge < -0.3 is 4.74 Å². The topological polar surface area (TPSA) is 9.23 Å². The summed E-state index contributed by atoms with van der Waals surface area (Å²) < 4.78 is 6.05. The molecular formula is C13H25BrO. The summed E-state index contributed by atoms with van der Waals surface area (Å²) in [6, 6.07) is 0. The molecule has 1 saturated carbocycles. The molecule has 0 radical (unpaired) electrons. The van der Waals surface area contributed by atoms with Gasteiger partial charge in [0, 0.05) is 11.9 Å². The summed E-state index contributed by atoms with van der Waals surface area (Å²) in [6.07, 6.45) is 9.11. The first-order valence-corrected chi connectivity index (χ1v) is 7.58. The molecule has 90 valence electrons. The van der Waals surface area contributed by atoms with Gasteiger partial charge in [0.1, 0.15) is 0 Å². The van der Waals surface area contributed by atoms with Crippen molar-refractivity contribution in [3.05, 3.63) is 0 Å². The SMILES string of the molecule is CCCOC1(CBr)CCC(CCC)CC1. The molecule has 0 bridgehead atoms. The van der Waals surface area contributed by atoms with Crippen LogP contribution in [-0.4, -0.2) is 17.5 Å². The van der Waals surface area contributed by atoms with Crippen LogP contribution in [-0.2, 0) is 4.74 Å². The zero-order chi connectivity index (χ0) is 11.1. The van der Waals surface area contributed by atoms with Crippen LogP contribution in [0.3, 0.4) is 0 Å². The maximum absolute atomic E-state index is 6.05. The van der Waals surface area contributed by atoms with Gasteiger partial charge in [0.05, 0.1) is 5.60 Å².